The Kier molecular flexibility index (Phi) is 6.78. The second-order valence-electron chi connectivity index (χ2n) is 5.47. The fourth-order valence-corrected chi connectivity index (χ4v) is 2.63. The van der Waals surface area contributed by atoms with Gasteiger partial charge in [-0.2, -0.15) is 0 Å². The molecule has 6 nitrogen and oxygen atoms in total. The van der Waals surface area contributed by atoms with E-state index >= 15 is 0 Å². The zero-order valence-electron chi connectivity index (χ0n) is 14.9. The van der Waals surface area contributed by atoms with Crippen LogP contribution in [0.2, 0.25) is 0 Å². The third kappa shape index (κ3) is 4.57. The second kappa shape index (κ2) is 9.05. The predicted octanol–water partition coefficient (Wildman–Crippen LogP) is 2.49. The molecule has 1 aromatic carbocycles. The third-order valence-electron chi connectivity index (χ3n) is 3.84. The molecule has 0 atom stereocenters. The number of hydrogen-bond acceptors (Lipinski definition) is 4. The van der Waals surface area contributed by atoms with Gasteiger partial charge in [0.1, 0.15) is 0 Å². The lowest BCUT2D eigenvalue weighted by atomic mass is 10.1. The summed E-state index contributed by atoms with van der Waals surface area (Å²) in [6, 6.07) is 4.32. The molecule has 1 aliphatic rings. The summed E-state index contributed by atoms with van der Waals surface area (Å²) in [5.74, 6) is 2.74. The van der Waals surface area contributed by atoms with Crippen LogP contribution < -0.4 is 24.8 Å². The zero-order valence-corrected chi connectivity index (χ0v) is 14.9. The van der Waals surface area contributed by atoms with E-state index in [-0.39, 0.29) is 0 Å². The minimum atomic E-state index is 0.417. The minimum absolute atomic E-state index is 0.417. The molecule has 0 radical (unpaired) electrons. The molecule has 0 bridgehead atoms. The monoisotopic (exact) mass is 333 g/mol. The molecular formula is C18H27N3O3. The lowest BCUT2D eigenvalue weighted by molar-refractivity contribution is 0.288. The first kappa shape index (κ1) is 18.0. The summed E-state index contributed by atoms with van der Waals surface area (Å²) in [6.45, 7) is 3.09. The Hall–Kier alpha value is -2.37. The Morgan fingerprint density at radius 2 is 1.79 bits per heavy atom. The number of ether oxygens (including phenoxy) is 3. The van der Waals surface area contributed by atoms with Crippen LogP contribution >= 0.6 is 0 Å². The van der Waals surface area contributed by atoms with Gasteiger partial charge in [0.05, 0.1) is 20.8 Å². The van der Waals surface area contributed by atoms with E-state index in [2.05, 4.69) is 27.8 Å². The van der Waals surface area contributed by atoms with E-state index in [1.165, 1.54) is 0 Å². The molecule has 0 heterocycles. The van der Waals surface area contributed by atoms with Crippen molar-refractivity contribution in [2.45, 2.75) is 32.4 Å². The van der Waals surface area contributed by atoms with E-state index in [1.54, 1.807) is 21.3 Å². The maximum atomic E-state index is 5.63. The molecule has 0 aromatic heterocycles. The Morgan fingerprint density at radius 3 is 2.29 bits per heavy atom. The SMILES string of the molecule is CCOc1c(OC)cc(CNC(=NC)NC2CC=CC2)cc1OC. The van der Waals surface area contributed by atoms with Crippen molar-refractivity contribution in [3.8, 4) is 17.2 Å². The number of nitrogens with one attached hydrogen (secondary N) is 2. The van der Waals surface area contributed by atoms with Crippen LogP contribution in [0, 0.1) is 0 Å². The smallest absolute Gasteiger partial charge is 0.203 e. The second-order valence-corrected chi connectivity index (χ2v) is 5.47. The molecule has 0 amide bonds. The Labute approximate surface area is 143 Å². The van der Waals surface area contributed by atoms with Gasteiger partial charge < -0.3 is 24.8 Å². The molecule has 0 saturated heterocycles. The molecular weight excluding hydrogens is 306 g/mol. The van der Waals surface area contributed by atoms with Crippen LogP contribution in [0.3, 0.4) is 0 Å². The van der Waals surface area contributed by atoms with Gasteiger partial charge in [-0.15, -0.1) is 0 Å². The van der Waals surface area contributed by atoms with E-state index in [0.717, 1.165) is 24.4 Å². The number of rotatable bonds is 7. The highest BCUT2D eigenvalue weighted by Crippen LogP contribution is 2.38. The van der Waals surface area contributed by atoms with Gasteiger partial charge in [-0.1, -0.05) is 12.2 Å². The van der Waals surface area contributed by atoms with Gasteiger partial charge in [0.25, 0.3) is 0 Å². The van der Waals surface area contributed by atoms with E-state index in [0.29, 0.717) is 36.4 Å². The molecule has 2 rings (SSSR count). The van der Waals surface area contributed by atoms with Crippen LogP contribution in [0.25, 0.3) is 0 Å². The Balaban J connectivity index is 2.05. The van der Waals surface area contributed by atoms with Crippen molar-refractivity contribution in [1.29, 1.82) is 0 Å². The third-order valence-corrected chi connectivity index (χ3v) is 3.84. The van der Waals surface area contributed by atoms with E-state index in [1.807, 2.05) is 19.1 Å². The Morgan fingerprint density at radius 1 is 1.17 bits per heavy atom. The number of methoxy groups -OCH3 is 2. The van der Waals surface area contributed by atoms with Gasteiger partial charge in [-0.3, -0.25) is 4.99 Å². The Bertz CT molecular complexity index is 566. The molecule has 24 heavy (non-hydrogen) atoms. The van der Waals surface area contributed by atoms with Gasteiger partial charge in [0.15, 0.2) is 17.5 Å². The molecule has 1 aliphatic carbocycles. The van der Waals surface area contributed by atoms with Crippen LogP contribution in [-0.4, -0.2) is 39.9 Å². The molecule has 1 aromatic rings. The molecule has 132 valence electrons. The van der Waals surface area contributed by atoms with Crippen molar-refractivity contribution in [2.24, 2.45) is 4.99 Å². The molecule has 0 spiro atoms. The number of guanidine groups is 1. The van der Waals surface area contributed by atoms with Crippen molar-refractivity contribution in [1.82, 2.24) is 10.6 Å². The highest BCUT2D eigenvalue weighted by molar-refractivity contribution is 5.80. The average Bonchev–Trinajstić information content (AvgIpc) is 3.12. The number of benzene rings is 1. The van der Waals surface area contributed by atoms with Gasteiger partial charge in [0, 0.05) is 19.6 Å². The first-order valence-corrected chi connectivity index (χ1v) is 8.21. The molecule has 6 heteroatoms. The van der Waals surface area contributed by atoms with Gasteiger partial charge in [0.2, 0.25) is 5.75 Å². The van der Waals surface area contributed by atoms with Crippen LogP contribution in [0.1, 0.15) is 25.3 Å². The fourth-order valence-electron chi connectivity index (χ4n) is 2.63. The normalized spacial score (nSPS) is 14.6. The van der Waals surface area contributed by atoms with Crippen molar-refractivity contribution >= 4 is 5.96 Å². The maximum absolute atomic E-state index is 5.63. The van der Waals surface area contributed by atoms with E-state index in [9.17, 15) is 0 Å². The molecule has 0 saturated carbocycles. The molecule has 0 aliphatic heterocycles. The maximum Gasteiger partial charge on any atom is 0.203 e. The standard InChI is InChI=1S/C18H27N3O3/c1-5-24-17-15(22-3)10-13(11-16(17)23-4)12-20-18(19-2)21-14-8-6-7-9-14/h6-7,10-11,14H,5,8-9,12H2,1-4H3,(H2,19,20,21). The lowest BCUT2D eigenvalue weighted by Gasteiger charge is -2.18. The van der Waals surface area contributed by atoms with Crippen molar-refractivity contribution < 1.29 is 14.2 Å². The summed E-state index contributed by atoms with van der Waals surface area (Å²) < 4.78 is 16.5. The quantitative estimate of drug-likeness (QED) is 0.456. The van der Waals surface area contributed by atoms with Crippen LogP contribution in [0.4, 0.5) is 0 Å². The van der Waals surface area contributed by atoms with Crippen LogP contribution in [0.5, 0.6) is 17.2 Å². The summed E-state index contributed by atoms with van der Waals surface area (Å²) >= 11 is 0. The zero-order chi connectivity index (χ0) is 17.4. The fraction of sp³-hybridized carbons (Fsp3) is 0.500. The lowest BCUT2D eigenvalue weighted by Crippen LogP contribution is -2.42. The molecule has 2 N–H and O–H groups in total. The average molecular weight is 333 g/mol. The largest absolute Gasteiger partial charge is 0.493 e. The highest BCUT2D eigenvalue weighted by atomic mass is 16.5. The minimum Gasteiger partial charge on any atom is -0.493 e. The molecule has 0 fully saturated rings. The topological polar surface area (TPSA) is 64.1 Å². The van der Waals surface area contributed by atoms with Crippen molar-refractivity contribution in [2.75, 3.05) is 27.9 Å². The first-order valence-electron chi connectivity index (χ1n) is 8.21. The first-order chi connectivity index (χ1) is 11.7. The number of aliphatic imine (C=N–C) groups is 1. The number of nitrogens with zero attached hydrogens (tertiary/aromatic N) is 1. The molecule has 0 unspecified atom stereocenters. The van der Waals surface area contributed by atoms with Crippen LogP contribution in [-0.2, 0) is 6.54 Å². The summed E-state index contributed by atoms with van der Waals surface area (Å²) in [7, 11) is 5.03. The summed E-state index contributed by atoms with van der Waals surface area (Å²) in [6.07, 6.45) is 6.44. The highest BCUT2D eigenvalue weighted by Gasteiger charge is 2.15. The van der Waals surface area contributed by atoms with Gasteiger partial charge in [-0.25, -0.2) is 0 Å². The van der Waals surface area contributed by atoms with Gasteiger partial charge in [-0.05, 0) is 37.5 Å². The summed E-state index contributed by atoms with van der Waals surface area (Å²) in [5, 5.41) is 6.74. The van der Waals surface area contributed by atoms with E-state index < -0.39 is 0 Å². The predicted molar refractivity (Wildman–Crippen MR) is 96.2 cm³/mol. The number of hydrogen-bond donors (Lipinski definition) is 2. The van der Waals surface area contributed by atoms with Crippen molar-refractivity contribution in [3.63, 3.8) is 0 Å². The summed E-state index contributed by atoms with van der Waals surface area (Å²) in [5.41, 5.74) is 1.03. The van der Waals surface area contributed by atoms with Gasteiger partial charge >= 0.3 is 0 Å². The van der Waals surface area contributed by atoms with Crippen LogP contribution in [0.15, 0.2) is 29.3 Å². The van der Waals surface area contributed by atoms with E-state index in [4.69, 9.17) is 14.2 Å². The van der Waals surface area contributed by atoms with Crippen molar-refractivity contribution in [3.05, 3.63) is 29.8 Å². The summed E-state index contributed by atoms with van der Waals surface area (Å²) in [4.78, 5) is 4.28.